The van der Waals surface area contributed by atoms with E-state index in [1.807, 2.05) is 38.1 Å². The molecule has 0 saturated carbocycles. The molecule has 2 aromatic carbocycles. The lowest BCUT2D eigenvalue weighted by Crippen LogP contribution is -2.48. The molecule has 2 N–H and O–H groups in total. The maximum absolute atomic E-state index is 12.8. The third-order valence-corrected chi connectivity index (χ3v) is 4.31. The van der Waals surface area contributed by atoms with Crippen molar-refractivity contribution in [2.75, 3.05) is 12.4 Å². The van der Waals surface area contributed by atoms with Gasteiger partial charge in [0.15, 0.2) is 0 Å². The van der Waals surface area contributed by atoms with E-state index in [0.29, 0.717) is 0 Å². The second-order valence-corrected chi connectivity index (χ2v) is 6.82. The Bertz CT molecular complexity index is 691. The summed E-state index contributed by atoms with van der Waals surface area (Å²) in [6.45, 7) is 7.91. The van der Waals surface area contributed by atoms with Crippen molar-refractivity contribution in [3.8, 4) is 5.75 Å². The van der Waals surface area contributed by atoms with Gasteiger partial charge in [-0.2, -0.15) is 0 Å². The number of ether oxygens (including phenoxy) is 1. The van der Waals surface area contributed by atoms with Crippen LogP contribution in [0.5, 0.6) is 5.75 Å². The van der Waals surface area contributed by atoms with Crippen LogP contribution in [0, 0.1) is 6.92 Å². The molecule has 2 aromatic rings. The first-order chi connectivity index (χ1) is 11.9. The van der Waals surface area contributed by atoms with Crippen molar-refractivity contribution >= 4 is 11.6 Å². The number of anilines is 1. The van der Waals surface area contributed by atoms with Crippen molar-refractivity contribution in [2.45, 2.75) is 45.7 Å². The van der Waals surface area contributed by atoms with Gasteiger partial charge in [-0.05, 0) is 57.0 Å². The average molecular weight is 340 g/mol. The highest BCUT2D eigenvalue weighted by Gasteiger charge is 2.29. The highest BCUT2D eigenvalue weighted by Crippen LogP contribution is 2.22. The topological polar surface area (TPSA) is 50.4 Å². The molecule has 2 rings (SSSR count). The standard InChI is InChI=1S/C21H28N2O2/c1-6-19(16-9-7-15(2)8-10-16)22-20(24)21(3,4)23-17-11-13-18(25-5)14-12-17/h7-14,19,23H,6H2,1-5H3,(H,22,24). The molecule has 1 amide bonds. The zero-order chi connectivity index (χ0) is 18.4. The summed E-state index contributed by atoms with van der Waals surface area (Å²) >= 11 is 0. The molecule has 134 valence electrons. The fraction of sp³-hybridized carbons (Fsp3) is 0.381. The van der Waals surface area contributed by atoms with Crippen molar-refractivity contribution in [2.24, 2.45) is 0 Å². The molecular weight excluding hydrogens is 312 g/mol. The van der Waals surface area contributed by atoms with Crippen LogP contribution in [0.1, 0.15) is 44.4 Å². The number of hydrogen-bond donors (Lipinski definition) is 2. The van der Waals surface area contributed by atoms with Crippen molar-refractivity contribution < 1.29 is 9.53 Å². The van der Waals surface area contributed by atoms with Gasteiger partial charge < -0.3 is 15.4 Å². The highest BCUT2D eigenvalue weighted by atomic mass is 16.5. The smallest absolute Gasteiger partial charge is 0.245 e. The fourth-order valence-electron chi connectivity index (χ4n) is 2.65. The Balaban J connectivity index is 2.06. The SMILES string of the molecule is CCC(NC(=O)C(C)(C)Nc1ccc(OC)cc1)c1ccc(C)cc1. The van der Waals surface area contributed by atoms with Gasteiger partial charge in [-0.3, -0.25) is 4.79 Å². The summed E-state index contributed by atoms with van der Waals surface area (Å²) in [6, 6.07) is 15.9. The minimum Gasteiger partial charge on any atom is -0.497 e. The van der Waals surface area contributed by atoms with E-state index in [2.05, 4.69) is 48.7 Å². The monoisotopic (exact) mass is 340 g/mol. The Morgan fingerprint density at radius 3 is 2.20 bits per heavy atom. The van der Waals surface area contributed by atoms with Gasteiger partial charge in [0, 0.05) is 5.69 Å². The number of methoxy groups -OCH3 is 1. The van der Waals surface area contributed by atoms with Crippen molar-refractivity contribution in [3.63, 3.8) is 0 Å². The molecule has 0 aliphatic heterocycles. The van der Waals surface area contributed by atoms with Gasteiger partial charge in [0.25, 0.3) is 0 Å². The van der Waals surface area contributed by atoms with Crippen LogP contribution in [0.4, 0.5) is 5.69 Å². The van der Waals surface area contributed by atoms with E-state index in [9.17, 15) is 4.79 Å². The van der Waals surface area contributed by atoms with Crippen LogP contribution in [0.25, 0.3) is 0 Å². The van der Waals surface area contributed by atoms with Crippen LogP contribution in [0.15, 0.2) is 48.5 Å². The Kier molecular flexibility index (Phi) is 6.07. The van der Waals surface area contributed by atoms with Crippen LogP contribution in [-0.2, 0) is 4.79 Å². The lowest BCUT2D eigenvalue weighted by atomic mass is 9.99. The molecule has 0 bridgehead atoms. The van der Waals surface area contributed by atoms with Gasteiger partial charge in [-0.15, -0.1) is 0 Å². The van der Waals surface area contributed by atoms with Gasteiger partial charge in [0.1, 0.15) is 11.3 Å². The van der Waals surface area contributed by atoms with E-state index in [1.54, 1.807) is 7.11 Å². The van der Waals surface area contributed by atoms with Gasteiger partial charge in [-0.25, -0.2) is 0 Å². The van der Waals surface area contributed by atoms with Crippen LogP contribution >= 0.6 is 0 Å². The molecule has 4 nitrogen and oxygen atoms in total. The highest BCUT2D eigenvalue weighted by molar-refractivity contribution is 5.88. The summed E-state index contributed by atoms with van der Waals surface area (Å²) < 4.78 is 5.16. The second-order valence-electron chi connectivity index (χ2n) is 6.82. The van der Waals surface area contributed by atoms with Crippen molar-refractivity contribution in [1.29, 1.82) is 0 Å². The number of nitrogens with one attached hydrogen (secondary N) is 2. The molecule has 0 radical (unpaired) electrons. The van der Waals surface area contributed by atoms with E-state index in [0.717, 1.165) is 23.4 Å². The Morgan fingerprint density at radius 2 is 1.68 bits per heavy atom. The summed E-state index contributed by atoms with van der Waals surface area (Å²) in [5.41, 5.74) is 2.49. The first-order valence-corrected chi connectivity index (χ1v) is 8.65. The molecular formula is C21H28N2O2. The average Bonchev–Trinajstić information content (AvgIpc) is 2.60. The minimum atomic E-state index is -0.729. The third kappa shape index (κ3) is 4.99. The third-order valence-electron chi connectivity index (χ3n) is 4.31. The predicted octanol–water partition coefficient (Wildman–Crippen LogP) is 4.46. The normalized spacial score (nSPS) is 12.4. The molecule has 1 unspecified atom stereocenters. The maximum atomic E-state index is 12.8. The number of hydrogen-bond acceptors (Lipinski definition) is 3. The number of carbonyl (C=O) groups excluding carboxylic acids is 1. The molecule has 4 heteroatoms. The number of rotatable bonds is 7. The predicted molar refractivity (Wildman–Crippen MR) is 103 cm³/mol. The minimum absolute atomic E-state index is 0.00467. The van der Waals surface area contributed by atoms with E-state index < -0.39 is 5.54 Å². The summed E-state index contributed by atoms with van der Waals surface area (Å²) in [5, 5.41) is 6.45. The van der Waals surface area contributed by atoms with Gasteiger partial charge in [0.2, 0.25) is 5.91 Å². The lowest BCUT2D eigenvalue weighted by molar-refractivity contribution is -0.125. The quantitative estimate of drug-likeness (QED) is 0.782. The molecule has 25 heavy (non-hydrogen) atoms. The lowest BCUT2D eigenvalue weighted by Gasteiger charge is -2.29. The van der Waals surface area contributed by atoms with E-state index in [-0.39, 0.29) is 11.9 Å². The molecule has 0 aliphatic rings. The molecule has 0 aromatic heterocycles. The summed E-state index contributed by atoms with van der Waals surface area (Å²) in [5.74, 6) is 0.758. The van der Waals surface area contributed by atoms with Gasteiger partial charge in [0.05, 0.1) is 13.2 Å². The van der Waals surface area contributed by atoms with E-state index in [4.69, 9.17) is 4.74 Å². The molecule has 0 fully saturated rings. The molecule has 0 saturated heterocycles. The Morgan fingerprint density at radius 1 is 1.08 bits per heavy atom. The maximum Gasteiger partial charge on any atom is 0.245 e. The number of amides is 1. The zero-order valence-electron chi connectivity index (χ0n) is 15.7. The van der Waals surface area contributed by atoms with Crippen LogP contribution < -0.4 is 15.4 Å². The Labute approximate surface area is 150 Å². The summed E-state index contributed by atoms with van der Waals surface area (Å²) in [7, 11) is 1.63. The number of benzene rings is 2. The van der Waals surface area contributed by atoms with Crippen molar-refractivity contribution in [1.82, 2.24) is 5.32 Å². The largest absolute Gasteiger partial charge is 0.497 e. The molecule has 1 atom stereocenters. The first-order valence-electron chi connectivity index (χ1n) is 8.65. The van der Waals surface area contributed by atoms with Gasteiger partial charge in [-0.1, -0.05) is 36.8 Å². The molecule has 0 spiro atoms. The van der Waals surface area contributed by atoms with Crippen LogP contribution in [-0.4, -0.2) is 18.6 Å². The van der Waals surface area contributed by atoms with Gasteiger partial charge >= 0.3 is 0 Å². The number of aryl methyl sites for hydroxylation is 1. The summed E-state index contributed by atoms with van der Waals surface area (Å²) in [4.78, 5) is 12.8. The van der Waals surface area contributed by atoms with E-state index >= 15 is 0 Å². The van der Waals surface area contributed by atoms with E-state index in [1.165, 1.54) is 5.56 Å². The second kappa shape index (κ2) is 8.06. The van der Waals surface area contributed by atoms with Crippen LogP contribution in [0.3, 0.4) is 0 Å². The Hall–Kier alpha value is -2.49. The zero-order valence-corrected chi connectivity index (χ0v) is 15.7. The molecule has 0 aliphatic carbocycles. The van der Waals surface area contributed by atoms with Crippen molar-refractivity contribution in [3.05, 3.63) is 59.7 Å². The summed E-state index contributed by atoms with van der Waals surface area (Å²) in [6.07, 6.45) is 0.841. The molecule has 0 heterocycles. The first kappa shape index (κ1) is 18.8. The van der Waals surface area contributed by atoms with Crippen LogP contribution in [0.2, 0.25) is 0 Å². The number of carbonyl (C=O) groups is 1. The fourth-order valence-corrected chi connectivity index (χ4v) is 2.65.